The number of quaternary nitrogens is 1. The lowest BCUT2D eigenvalue weighted by Gasteiger charge is -2.36. The van der Waals surface area contributed by atoms with Crippen molar-refractivity contribution in [1.29, 1.82) is 0 Å². The fourth-order valence-electron chi connectivity index (χ4n) is 1.73. The summed E-state index contributed by atoms with van der Waals surface area (Å²) in [6, 6.07) is 4.67. The van der Waals surface area contributed by atoms with Crippen molar-refractivity contribution in [3.05, 3.63) is 44.2 Å². The second-order valence-corrected chi connectivity index (χ2v) is 6.03. The van der Waals surface area contributed by atoms with Crippen molar-refractivity contribution >= 4 is 39.8 Å². The Kier molecular flexibility index (Phi) is 3.98. The summed E-state index contributed by atoms with van der Waals surface area (Å²) in [5, 5.41) is 22.0. The van der Waals surface area contributed by atoms with E-state index in [-0.39, 0.29) is 6.42 Å². The molecule has 1 aliphatic heterocycles. The molecule has 2 rings (SSSR count). The van der Waals surface area contributed by atoms with E-state index in [1.165, 1.54) is 19.2 Å². The van der Waals surface area contributed by atoms with E-state index in [0.717, 1.165) is 0 Å². The summed E-state index contributed by atoms with van der Waals surface area (Å²) in [5.74, 6) is -1.39. The first-order valence-electron chi connectivity index (χ1n) is 5.26. The molecule has 1 aromatic rings. The predicted molar refractivity (Wildman–Crippen MR) is 72.4 cm³/mol. The van der Waals surface area contributed by atoms with Gasteiger partial charge < -0.3 is 15.2 Å². The highest BCUT2D eigenvalue weighted by atomic mass is 79.9. The van der Waals surface area contributed by atoms with Crippen molar-refractivity contribution in [1.82, 2.24) is 0 Å². The lowest BCUT2D eigenvalue weighted by Crippen LogP contribution is -2.28. The Bertz CT molecular complexity index is 548. The number of benzene rings is 1. The van der Waals surface area contributed by atoms with E-state index in [2.05, 4.69) is 20.7 Å². The molecule has 0 radical (unpaired) electrons. The Hall–Kier alpha value is -0.930. The highest BCUT2D eigenvalue weighted by molar-refractivity contribution is 9.10. The second kappa shape index (κ2) is 5.22. The molecule has 6 nitrogen and oxygen atoms in total. The summed E-state index contributed by atoms with van der Waals surface area (Å²) in [6.45, 7) is 0. The molecule has 1 aromatic carbocycles. The minimum atomic E-state index is -2.17. The van der Waals surface area contributed by atoms with E-state index in [4.69, 9.17) is 0 Å². The SMILES string of the molecule is COC(=O)c1ccc(C2CC(=O)[N+]([O-])([O-])S2)c(Br)c1. The zero-order valence-corrected chi connectivity index (χ0v) is 12.2. The molecule has 0 saturated carbocycles. The summed E-state index contributed by atoms with van der Waals surface area (Å²) in [6.07, 6.45) is -0.117. The van der Waals surface area contributed by atoms with Crippen LogP contribution in [0.15, 0.2) is 22.7 Å². The van der Waals surface area contributed by atoms with Gasteiger partial charge in [0, 0.05) is 4.47 Å². The molecule has 19 heavy (non-hydrogen) atoms. The fourth-order valence-corrected chi connectivity index (χ4v) is 3.60. The first kappa shape index (κ1) is 14.5. The van der Waals surface area contributed by atoms with Gasteiger partial charge in [0.15, 0.2) is 0 Å². The summed E-state index contributed by atoms with van der Waals surface area (Å²) in [7, 11) is 1.27. The standard InChI is InChI=1S/C11H9BrNO5S/c1-18-11(15)6-2-3-7(8(12)4-6)9-5-10(14)13(16,17)19-9/h2-4,9H,5H2,1H3/q-1. The maximum absolute atomic E-state index is 11.3. The van der Waals surface area contributed by atoms with Crippen LogP contribution in [-0.2, 0) is 9.53 Å². The van der Waals surface area contributed by atoms with E-state index in [1.807, 2.05) is 0 Å². The lowest BCUT2D eigenvalue weighted by atomic mass is 10.1. The molecule has 102 valence electrons. The molecule has 1 atom stereocenters. The lowest BCUT2D eigenvalue weighted by molar-refractivity contribution is -0.593. The van der Waals surface area contributed by atoms with Gasteiger partial charge in [-0.1, -0.05) is 22.0 Å². The maximum atomic E-state index is 11.3. The van der Waals surface area contributed by atoms with Gasteiger partial charge in [-0.15, -0.1) is 0 Å². The number of carbonyl (C=O) groups is 2. The minimum absolute atomic E-state index is 0.117. The van der Waals surface area contributed by atoms with Crippen molar-refractivity contribution in [3.8, 4) is 0 Å². The number of methoxy groups -OCH3 is 1. The van der Waals surface area contributed by atoms with Crippen molar-refractivity contribution < 1.29 is 18.5 Å². The highest BCUT2D eigenvalue weighted by Crippen LogP contribution is 2.48. The molecule has 0 spiro atoms. The zero-order valence-electron chi connectivity index (χ0n) is 9.79. The van der Waals surface area contributed by atoms with Crippen LogP contribution in [0.3, 0.4) is 0 Å². The second-order valence-electron chi connectivity index (χ2n) is 3.92. The average molecular weight is 347 g/mol. The molecule has 0 N–H and O–H groups in total. The van der Waals surface area contributed by atoms with Gasteiger partial charge in [-0.3, -0.25) is 4.21 Å². The Labute approximate surface area is 121 Å². The smallest absolute Gasteiger partial charge is 0.337 e. The van der Waals surface area contributed by atoms with E-state index < -0.39 is 21.3 Å². The van der Waals surface area contributed by atoms with Crippen LogP contribution in [0.1, 0.15) is 27.6 Å². The summed E-state index contributed by atoms with van der Waals surface area (Å²) >= 11 is 3.76. The molecule has 1 unspecified atom stereocenters. The third-order valence-corrected chi connectivity index (χ3v) is 4.54. The molecular formula is C11H9BrNO5S-. The molecule has 0 aliphatic carbocycles. The number of hydrogen-bond acceptors (Lipinski definition) is 6. The molecule has 0 aromatic heterocycles. The van der Waals surface area contributed by atoms with Gasteiger partial charge in [-0.25, -0.2) is 9.59 Å². The van der Waals surface area contributed by atoms with Crippen LogP contribution in [0.5, 0.6) is 0 Å². The topological polar surface area (TPSA) is 89.5 Å². The number of hydrogen-bond donors (Lipinski definition) is 0. The average Bonchev–Trinajstić information content (AvgIpc) is 2.62. The van der Waals surface area contributed by atoms with Gasteiger partial charge >= 0.3 is 11.9 Å². The maximum Gasteiger partial charge on any atom is 0.337 e. The molecule has 1 amide bonds. The third kappa shape index (κ3) is 2.82. The fraction of sp³-hybridized carbons (Fsp3) is 0.273. The normalized spacial score (nSPS) is 21.5. The Morgan fingerprint density at radius 2 is 2.21 bits per heavy atom. The van der Waals surface area contributed by atoms with Crippen molar-refractivity contribution in [2.75, 3.05) is 7.11 Å². The Balaban J connectivity index is 2.28. The molecule has 8 heteroatoms. The molecule has 1 fully saturated rings. The monoisotopic (exact) mass is 346 g/mol. The van der Waals surface area contributed by atoms with Crippen LogP contribution in [0.2, 0.25) is 0 Å². The molecule has 1 heterocycles. The number of nitrogens with zero attached hydrogens (tertiary/aromatic N) is 1. The molecule has 1 aliphatic rings. The van der Waals surface area contributed by atoms with Gasteiger partial charge in [-0.05, 0) is 17.7 Å². The van der Waals surface area contributed by atoms with Crippen LogP contribution in [0, 0.1) is 10.4 Å². The van der Waals surface area contributed by atoms with Crippen molar-refractivity contribution in [2.45, 2.75) is 11.7 Å². The van der Waals surface area contributed by atoms with Gasteiger partial charge in [0.2, 0.25) is 0 Å². The molecular weight excluding hydrogens is 338 g/mol. The number of carbonyl (C=O) groups excluding carboxylic acids is 2. The minimum Gasteiger partial charge on any atom is -0.612 e. The van der Waals surface area contributed by atoms with Crippen LogP contribution in [0.4, 0.5) is 0 Å². The van der Waals surface area contributed by atoms with Crippen LogP contribution in [0.25, 0.3) is 0 Å². The molecule has 0 bridgehead atoms. The zero-order chi connectivity index (χ0) is 14.2. The van der Waals surface area contributed by atoms with Gasteiger partial charge in [-0.2, -0.15) is 0 Å². The van der Waals surface area contributed by atoms with E-state index in [9.17, 15) is 20.0 Å². The van der Waals surface area contributed by atoms with Crippen LogP contribution in [-0.4, -0.2) is 23.2 Å². The van der Waals surface area contributed by atoms with Crippen LogP contribution >= 0.6 is 27.9 Å². The highest BCUT2D eigenvalue weighted by Gasteiger charge is 2.39. The van der Waals surface area contributed by atoms with E-state index >= 15 is 0 Å². The number of ether oxygens (including phenoxy) is 1. The van der Waals surface area contributed by atoms with Gasteiger partial charge in [0.1, 0.15) is 0 Å². The number of hydroxylamine groups is 2. The molecule has 1 saturated heterocycles. The largest absolute Gasteiger partial charge is 0.612 e. The Morgan fingerprint density at radius 3 is 2.68 bits per heavy atom. The first-order valence-corrected chi connectivity index (χ1v) is 6.88. The van der Waals surface area contributed by atoms with Gasteiger partial charge in [0.05, 0.1) is 36.3 Å². The van der Waals surface area contributed by atoms with Crippen molar-refractivity contribution in [3.63, 3.8) is 0 Å². The van der Waals surface area contributed by atoms with E-state index in [0.29, 0.717) is 27.5 Å². The van der Waals surface area contributed by atoms with Gasteiger partial charge in [0.25, 0.3) is 0 Å². The first-order chi connectivity index (χ1) is 8.85. The number of rotatable bonds is 2. The Morgan fingerprint density at radius 1 is 1.53 bits per heavy atom. The predicted octanol–water partition coefficient (Wildman–Crippen LogP) is 2.67. The third-order valence-electron chi connectivity index (χ3n) is 2.70. The summed E-state index contributed by atoms with van der Waals surface area (Å²) in [4.78, 5) is 22.6. The summed E-state index contributed by atoms with van der Waals surface area (Å²) in [5.41, 5.74) is 0.982. The quantitative estimate of drug-likeness (QED) is 0.354. The van der Waals surface area contributed by atoms with Crippen LogP contribution < -0.4 is 0 Å². The number of amides is 1. The van der Waals surface area contributed by atoms with Crippen molar-refractivity contribution in [2.24, 2.45) is 0 Å². The number of halogens is 1. The number of esters is 1. The summed E-state index contributed by atoms with van der Waals surface area (Å²) < 4.78 is 2.97. The van der Waals surface area contributed by atoms with E-state index in [1.54, 1.807) is 6.07 Å².